The number of ketones is 1. The molecule has 0 bridgehead atoms. The smallest absolute Gasteiger partial charge is 0.169 e. The maximum absolute atomic E-state index is 11.3. The molecule has 0 heterocycles. The molecular weight excluding hydrogens is 220 g/mol. The van der Waals surface area contributed by atoms with Gasteiger partial charge in [0.2, 0.25) is 0 Å². The van der Waals surface area contributed by atoms with E-state index in [4.69, 9.17) is 5.11 Å². The molecule has 0 amide bonds. The third-order valence-corrected chi connectivity index (χ3v) is 3.67. The average Bonchev–Trinajstić information content (AvgIpc) is 2.68. The molecule has 0 aliphatic heterocycles. The molecule has 0 radical (unpaired) electrons. The van der Waals surface area contributed by atoms with Crippen LogP contribution in [0.3, 0.4) is 0 Å². The highest BCUT2D eigenvalue weighted by Gasteiger charge is 2.14. The molecule has 0 saturated carbocycles. The number of phenols is 1. The van der Waals surface area contributed by atoms with Crippen LogP contribution in [0.2, 0.25) is 0 Å². The summed E-state index contributed by atoms with van der Waals surface area (Å²) in [5, 5.41) is 9.13. The Hall–Kier alpha value is -1.22. The second kappa shape index (κ2) is 5.21. The molecule has 0 spiro atoms. The van der Waals surface area contributed by atoms with Crippen molar-refractivity contribution in [3.05, 3.63) is 40.8 Å². The molecule has 0 atom stereocenters. The van der Waals surface area contributed by atoms with Crippen molar-refractivity contribution in [2.45, 2.75) is 19.3 Å². The number of allylic oxidation sites excluding steroid dienone is 2. The first-order valence-corrected chi connectivity index (χ1v) is 6.38. The summed E-state index contributed by atoms with van der Waals surface area (Å²) >= 11 is 1.64. The van der Waals surface area contributed by atoms with Crippen LogP contribution in [0.15, 0.2) is 35.2 Å². The predicted molar refractivity (Wildman–Crippen MR) is 66.6 cm³/mol. The number of hydrogen-bond donors (Lipinski definition) is 1. The van der Waals surface area contributed by atoms with Crippen LogP contribution in [0.5, 0.6) is 5.75 Å². The Morgan fingerprint density at radius 1 is 1.25 bits per heavy atom. The topological polar surface area (TPSA) is 37.3 Å². The number of carbonyl (C=O) groups excluding carboxylic acids is 1. The Morgan fingerprint density at radius 3 is 2.62 bits per heavy atom. The summed E-state index contributed by atoms with van der Waals surface area (Å²) in [5.74, 6) is 1.50. The second-order valence-corrected chi connectivity index (χ2v) is 4.93. The first-order valence-electron chi connectivity index (χ1n) is 5.40. The third kappa shape index (κ3) is 2.89. The van der Waals surface area contributed by atoms with E-state index < -0.39 is 0 Å². The lowest BCUT2D eigenvalue weighted by Crippen LogP contribution is -1.94. The Kier molecular flexibility index (Phi) is 3.67. The van der Waals surface area contributed by atoms with Crippen molar-refractivity contribution in [1.29, 1.82) is 0 Å². The Balaban J connectivity index is 1.80. The first kappa shape index (κ1) is 11.3. The van der Waals surface area contributed by atoms with Crippen LogP contribution in [0.1, 0.15) is 18.4 Å². The van der Waals surface area contributed by atoms with Crippen LogP contribution in [-0.2, 0) is 11.2 Å². The van der Waals surface area contributed by atoms with Gasteiger partial charge < -0.3 is 5.11 Å². The molecule has 0 aromatic heterocycles. The molecule has 1 N–H and O–H groups in total. The van der Waals surface area contributed by atoms with E-state index in [1.54, 1.807) is 23.9 Å². The molecule has 2 rings (SSSR count). The van der Waals surface area contributed by atoms with Gasteiger partial charge >= 0.3 is 0 Å². The molecule has 3 heteroatoms. The molecular formula is C13H14O2S. The minimum absolute atomic E-state index is 0.288. The normalized spacial score (nSPS) is 15.2. The van der Waals surface area contributed by atoms with Crippen molar-refractivity contribution in [1.82, 2.24) is 0 Å². The van der Waals surface area contributed by atoms with E-state index in [1.165, 1.54) is 5.56 Å². The number of phenolic OH excluding ortho intramolecular Hbond substituents is 1. The molecule has 0 unspecified atom stereocenters. The number of rotatable bonds is 4. The molecule has 84 valence electrons. The lowest BCUT2D eigenvalue weighted by atomic mass is 10.2. The van der Waals surface area contributed by atoms with Gasteiger partial charge in [0.25, 0.3) is 0 Å². The van der Waals surface area contributed by atoms with Crippen LogP contribution in [-0.4, -0.2) is 16.6 Å². The summed E-state index contributed by atoms with van der Waals surface area (Å²) in [4.78, 5) is 12.3. The highest BCUT2D eigenvalue weighted by Crippen LogP contribution is 2.26. The monoisotopic (exact) mass is 234 g/mol. The number of thioether (sulfide) groups is 1. The molecule has 1 aromatic rings. The largest absolute Gasteiger partial charge is 0.508 e. The van der Waals surface area contributed by atoms with Crippen molar-refractivity contribution < 1.29 is 9.90 Å². The summed E-state index contributed by atoms with van der Waals surface area (Å²) in [5.41, 5.74) is 1.19. The molecule has 0 saturated heterocycles. The summed E-state index contributed by atoms with van der Waals surface area (Å²) in [6, 6.07) is 7.22. The fraction of sp³-hybridized carbons (Fsp3) is 0.308. The van der Waals surface area contributed by atoms with Crippen LogP contribution in [0, 0.1) is 0 Å². The molecule has 1 aliphatic rings. The lowest BCUT2D eigenvalue weighted by Gasteiger charge is -2.02. The van der Waals surface area contributed by atoms with E-state index >= 15 is 0 Å². The lowest BCUT2D eigenvalue weighted by molar-refractivity contribution is -0.114. The molecule has 2 nitrogen and oxygen atoms in total. The van der Waals surface area contributed by atoms with E-state index in [0.717, 1.165) is 23.5 Å². The van der Waals surface area contributed by atoms with Crippen LogP contribution >= 0.6 is 11.8 Å². The van der Waals surface area contributed by atoms with Gasteiger partial charge in [-0.3, -0.25) is 4.79 Å². The quantitative estimate of drug-likeness (QED) is 0.870. The van der Waals surface area contributed by atoms with Crippen molar-refractivity contribution in [3.63, 3.8) is 0 Å². The van der Waals surface area contributed by atoms with Gasteiger partial charge in [-0.2, -0.15) is 0 Å². The number of Topliss-reactive ketones (excluding diaryl/α,β-unsaturated/α-hetero) is 1. The maximum Gasteiger partial charge on any atom is 0.169 e. The highest BCUT2D eigenvalue weighted by atomic mass is 32.2. The van der Waals surface area contributed by atoms with E-state index in [2.05, 4.69) is 0 Å². The number of benzene rings is 1. The zero-order valence-electron chi connectivity index (χ0n) is 8.98. The number of carbonyl (C=O) groups is 1. The van der Waals surface area contributed by atoms with Crippen molar-refractivity contribution in [2.24, 2.45) is 0 Å². The Labute approximate surface area is 99.4 Å². The van der Waals surface area contributed by atoms with Gasteiger partial charge in [-0.25, -0.2) is 0 Å². The van der Waals surface area contributed by atoms with E-state index in [1.807, 2.05) is 18.2 Å². The number of hydrogen-bond acceptors (Lipinski definition) is 3. The van der Waals surface area contributed by atoms with Crippen LogP contribution in [0.4, 0.5) is 0 Å². The van der Waals surface area contributed by atoms with E-state index in [0.29, 0.717) is 12.2 Å². The van der Waals surface area contributed by atoms with E-state index in [9.17, 15) is 4.79 Å². The number of aryl methyl sites for hydroxylation is 1. The summed E-state index contributed by atoms with van der Waals surface area (Å²) in [7, 11) is 0. The third-order valence-electron chi connectivity index (χ3n) is 2.56. The fourth-order valence-corrected chi connectivity index (χ4v) is 2.71. The second-order valence-electron chi connectivity index (χ2n) is 3.80. The van der Waals surface area contributed by atoms with Gasteiger partial charge in [0.15, 0.2) is 5.78 Å². The Morgan fingerprint density at radius 2 is 2.00 bits per heavy atom. The molecule has 1 aliphatic carbocycles. The minimum Gasteiger partial charge on any atom is -0.508 e. The average molecular weight is 234 g/mol. The van der Waals surface area contributed by atoms with Gasteiger partial charge in [-0.15, -0.1) is 11.8 Å². The maximum atomic E-state index is 11.3. The van der Waals surface area contributed by atoms with Crippen molar-refractivity contribution in [3.8, 4) is 5.75 Å². The van der Waals surface area contributed by atoms with Gasteiger partial charge in [0.05, 0.1) is 0 Å². The highest BCUT2D eigenvalue weighted by molar-refractivity contribution is 8.04. The SMILES string of the molecule is O=C1CCC=C1SCCc1ccc(O)cc1. The Bertz CT molecular complexity index is 406. The molecule has 16 heavy (non-hydrogen) atoms. The van der Waals surface area contributed by atoms with Crippen molar-refractivity contribution in [2.75, 3.05) is 5.75 Å². The zero-order chi connectivity index (χ0) is 11.4. The fourth-order valence-electron chi connectivity index (χ4n) is 1.65. The van der Waals surface area contributed by atoms with Crippen LogP contribution < -0.4 is 0 Å². The van der Waals surface area contributed by atoms with E-state index in [-0.39, 0.29) is 5.78 Å². The van der Waals surface area contributed by atoms with Gasteiger partial charge in [-0.05, 0) is 30.5 Å². The summed E-state index contributed by atoms with van der Waals surface area (Å²) in [6.07, 6.45) is 4.54. The molecule has 1 aromatic carbocycles. The van der Waals surface area contributed by atoms with Gasteiger partial charge in [0, 0.05) is 17.1 Å². The minimum atomic E-state index is 0.288. The van der Waals surface area contributed by atoms with Crippen molar-refractivity contribution >= 4 is 17.5 Å². The summed E-state index contributed by atoms with van der Waals surface area (Å²) in [6.45, 7) is 0. The first-order chi connectivity index (χ1) is 7.75. The van der Waals surface area contributed by atoms with Gasteiger partial charge in [0.1, 0.15) is 5.75 Å². The predicted octanol–water partition coefficient (Wildman–Crippen LogP) is 2.91. The number of aromatic hydroxyl groups is 1. The van der Waals surface area contributed by atoms with Crippen LogP contribution in [0.25, 0.3) is 0 Å². The summed E-state index contributed by atoms with van der Waals surface area (Å²) < 4.78 is 0. The zero-order valence-corrected chi connectivity index (χ0v) is 9.80. The standard InChI is InChI=1S/C13H14O2S/c14-11-6-4-10(5-7-11)8-9-16-13-3-1-2-12(13)15/h3-7,14H,1-2,8-9H2. The molecule has 0 fully saturated rings. The van der Waals surface area contributed by atoms with Gasteiger partial charge in [-0.1, -0.05) is 18.2 Å².